The zero-order valence-electron chi connectivity index (χ0n) is 12.4. The van der Waals surface area contributed by atoms with Gasteiger partial charge in [0.1, 0.15) is 11.6 Å². The summed E-state index contributed by atoms with van der Waals surface area (Å²) in [5.41, 5.74) is 1.53. The van der Waals surface area contributed by atoms with E-state index in [4.69, 9.17) is 17.0 Å². The predicted octanol–water partition coefficient (Wildman–Crippen LogP) is 2.92. The summed E-state index contributed by atoms with van der Waals surface area (Å²) in [6.45, 7) is 4.39. The number of amides is 1. The SMILES string of the molecule is CCOc1cccc(C(=O)NC(=S)Nc2cc(C)ccn2)c1. The fraction of sp³-hybridized carbons (Fsp3) is 0.188. The van der Waals surface area contributed by atoms with Crippen molar-refractivity contribution in [2.75, 3.05) is 11.9 Å². The number of ether oxygens (including phenoxy) is 1. The molecule has 0 aliphatic rings. The Balaban J connectivity index is 1.99. The van der Waals surface area contributed by atoms with Crippen LogP contribution in [0.25, 0.3) is 0 Å². The highest BCUT2D eigenvalue weighted by Crippen LogP contribution is 2.13. The number of nitrogens with zero attached hydrogens (tertiary/aromatic N) is 1. The molecule has 0 unspecified atom stereocenters. The molecule has 0 saturated carbocycles. The number of nitrogens with one attached hydrogen (secondary N) is 2. The number of carbonyl (C=O) groups is 1. The number of thiocarbonyl (C=S) groups is 1. The van der Waals surface area contributed by atoms with E-state index in [1.807, 2.05) is 26.0 Å². The van der Waals surface area contributed by atoms with Crippen LogP contribution >= 0.6 is 12.2 Å². The first-order valence-electron chi connectivity index (χ1n) is 6.86. The maximum atomic E-state index is 12.2. The van der Waals surface area contributed by atoms with E-state index in [1.165, 1.54) is 0 Å². The highest BCUT2D eigenvalue weighted by molar-refractivity contribution is 7.80. The van der Waals surface area contributed by atoms with Crippen LogP contribution in [0.2, 0.25) is 0 Å². The monoisotopic (exact) mass is 315 g/mol. The van der Waals surface area contributed by atoms with Gasteiger partial charge in [-0.1, -0.05) is 6.07 Å². The molecule has 1 amide bonds. The quantitative estimate of drug-likeness (QED) is 0.849. The molecule has 0 fully saturated rings. The summed E-state index contributed by atoms with van der Waals surface area (Å²) in [5.74, 6) is 0.939. The summed E-state index contributed by atoms with van der Waals surface area (Å²) in [6, 6.07) is 10.7. The highest BCUT2D eigenvalue weighted by Gasteiger charge is 2.09. The molecule has 0 bridgehead atoms. The highest BCUT2D eigenvalue weighted by atomic mass is 32.1. The van der Waals surface area contributed by atoms with E-state index in [2.05, 4.69) is 15.6 Å². The Morgan fingerprint density at radius 2 is 2.14 bits per heavy atom. The van der Waals surface area contributed by atoms with Crippen molar-refractivity contribution < 1.29 is 9.53 Å². The first-order chi connectivity index (χ1) is 10.6. The minimum atomic E-state index is -0.299. The number of aryl methyl sites for hydroxylation is 1. The third kappa shape index (κ3) is 4.53. The van der Waals surface area contributed by atoms with Crippen LogP contribution in [0.1, 0.15) is 22.8 Å². The molecule has 22 heavy (non-hydrogen) atoms. The average molecular weight is 315 g/mol. The molecule has 1 aromatic heterocycles. The molecule has 114 valence electrons. The second-order valence-electron chi connectivity index (χ2n) is 4.59. The molecule has 0 aliphatic heterocycles. The van der Waals surface area contributed by atoms with Gasteiger partial charge in [-0.3, -0.25) is 10.1 Å². The molecule has 2 rings (SSSR count). The average Bonchev–Trinajstić information content (AvgIpc) is 2.47. The lowest BCUT2D eigenvalue weighted by Gasteiger charge is -2.10. The summed E-state index contributed by atoms with van der Waals surface area (Å²) in [5, 5.41) is 5.70. The van der Waals surface area contributed by atoms with E-state index in [0.29, 0.717) is 23.7 Å². The number of hydrogen-bond donors (Lipinski definition) is 2. The van der Waals surface area contributed by atoms with Crippen LogP contribution in [0.15, 0.2) is 42.6 Å². The van der Waals surface area contributed by atoms with E-state index >= 15 is 0 Å². The molecular weight excluding hydrogens is 298 g/mol. The van der Waals surface area contributed by atoms with Crippen molar-refractivity contribution in [3.05, 3.63) is 53.7 Å². The molecule has 1 heterocycles. The van der Waals surface area contributed by atoms with Crippen molar-refractivity contribution in [1.82, 2.24) is 10.3 Å². The minimum Gasteiger partial charge on any atom is -0.494 e. The van der Waals surface area contributed by atoms with E-state index in [9.17, 15) is 4.79 Å². The Morgan fingerprint density at radius 1 is 1.32 bits per heavy atom. The Bertz CT molecular complexity index is 689. The maximum Gasteiger partial charge on any atom is 0.257 e. The van der Waals surface area contributed by atoms with Crippen molar-refractivity contribution in [2.24, 2.45) is 0 Å². The Morgan fingerprint density at radius 3 is 2.86 bits per heavy atom. The van der Waals surface area contributed by atoms with E-state index in [-0.39, 0.29) is 11.0 Å². The van der Waals surface area contributed by atoms with Gasteiger partial charge < -0.3 is 10.1 Å². The molecule has 1 aromatic carbocycles. The predicted molar refractivity (Wildman–Crippen MR) is 90.3 cm³/mol. The molecule has 0 saturated heterocycles. The number of rotatable bonds is 4. The second-order valence-corrected chi connectivity index (χ2v) is 5.00. The van der Waals surface area contributed by atoms with Gasteiger partial charge in [-0.05, 0) is 62.0 Å². The zero-order valence-corrected chi connectivity index (χ0v) is 13.2. The van der Waals surface area contributed by atoms with Gasteiger partial charge in [-0.15, -0.1) is 0 Å². The number of carbonyl (C=O) groups excluding carboxylic acids is 1. The molecule has 0 radical (unpaired) electrons. The van der Waals surface area contributed by atoms with Crippen LogP contribution in [-0.4, -0.2) is 22.6 Å². The molecule has 0 spiro atoms. The first kappa shape index (κ1) is 15.9. The summed E-state index contributed by atoms with van der Waals surface area (Å²) < 4.78 is 5.37. The Kier molecular flexibility index (Phi) is 5.43. The Labute approximate surface area is 134 Å². The first-order valence-corrected chi connectivity index (χ1v) is 7.27. The van der Waals surface area contributed by atoms with Crippen molar-refractivity contribution in [3.63, 3.8) is 0 Å². The van der Waals surface area contributed by atoms with E-state index in [0.717, 1.165) is 5.56 Å². The van der Waals surface area contributed by atoms with E-state index in [1.54, 1.807) is 30.5 Å². The third-order valence-corrected chi connectivity index (χ3v) is 3.00. The number of pyridine rings is 1. The van der Waals surface area contributed by atoms with Crippen LogP contribution in [-0.2, 0) is 0 Å². The number of anilines is 1. The summed E-state index contributed by atoms with van der Waals surface area (Å²) in [7, 11) is 0. The van der Waals surface area contributed by atoms with Crippen LogP contribution in [0.4, 0.5) is 5.82 Å². The van der Waals surface area contributed by atoms with Crippen LogP contribution in [0, 0.1) is 6.92 Å². The van der Waals surface area contributed by atoms with Gasteiger partial charge in [0.2, 0.25) is 0 Å². The zero-order chi connectivity index (χ0) is 15.9. The van der Waals surface area contributed by atoms with Gasteiger partial charge in [0.25, 0.3) is 5.91 Å². The maximum absolute atomic E-state index is 12.2. The van der Waals surface area contributed by atoms with Crippen molar-refractivity contribution >= 4 is 29.1 Å². The smallest absolute Gasteiger partial charge is 0.257 e. The lowest BCUT2D eigenvalue weighted by atomic mass is 10.2. The fourth-order valence-corrected chi connectivity index (χ4v) is 2.02. The molecule has 5 nitrogen and oxygen atoms in total. The lowest BCUT2D eigenvalue weighted by molar-refractivity contribution is 0.0977. The van der Waals surface area contributed by atoms with E-state index < -0.39 is 0 Å². The minimum absolute atomic E-state index is 0.199. The third-order valence-electron chi connectivity index (χ3n) is 2.79. The van der Waals surface area contributed by atoms with Crippen molar-refractivity contribution in [3.8, 4) is 5.75 Å². The molecular formula is C16H17N3O2S. The van der Waals surface area contributed by atoms with Crippen LogP contribution in [0.3, 0.4) is 0 Å². The second kappa shape index (κ2) is 7.51. The topological polar surface area (TPSA) is 63.2 Å². The Hall–Kier alpha value is -2.47. The summed E-state index contributed by atoms with van der Waals surface area (Å²) in [4.78, 5) is 16.3. The van der Waals surface area contributed by atoms with Gasteiger partial charge in [0.05, 0.1) is 6.61 Å². The lowest BCUT2D eigenvalue weighted by Crippen LogP contribution is -2.34. The largest absolute Gasteiger partial charge is 0.494 e. The normalized spacial score (nSPS) is 9.91. The van der Waals surface area contributed by atoms with Gasteiger partial charge in [0.15, 0.2) is 5.11 Å². The summed E-state index contributed by atoms with van der Waals surface area (Å²) >= 11 is 5.13. The molecule has 6 heteroatoms. The number of hydrogen-bond acceptors (Lipinski definition) is 4. The van der Waals surface area contributed by atoms with Crippen molar-refractivity contribution in [2.45, 2.75) is 13.8 Å². The molecule has 0 aliphatic carbocycles. The fourth-order valence-electron chi connectivity index (χ4n) is 1.82. The number of benzene rings is 1. The van der Waals surface area contributed by atoms with Crippen LogP contribution in [0.5, 0.6) is 5.75 Å². The van der Waals surface area contributed by atoms with Gasteiger partial charge in [-0.25, -0.2) is 4.98 Å². The van der Waals surface area contributed by atoms with Crippen molar-refractivity contribution in [1.29, 1.82) is 0 Å². The standard InChI is InChI=1S/C16H17N3O2S/c1-3-21-13-6-4-5-12(10-13)15(20)19-16(22)18-14-9-11(2)7-8-17-14/h4-10H,3H2,1-2H3,(H2,17,18,19,20,22). The summed E-state index contributed by atoms with van der Waals surface area (Å²) in [6.07, 6.45) is 1.67. The molecule has 0 atom stereocenters. The number of aromatic nitrogens is 1. The van der Waals surface area contributed by atoms with Gasteiger partial charge >= 0.3 is 0 Å². The van der Waals surface area contributed by atoms with Gasteiger partial charge in [0, 0.05) is 11.8 Å². The molecule has 2 aromatic rings. The molecule has 2 N–H and O–H groups in total. The van der Waals surface area contributed by atoms with Crippen LogP contribution < -0.4 is 15.4 Å². The van der Waals surface area contributed by atoms with Gasteiger partial charge in [-0.2, -0.15) is 0 Å².